The Balaban J connectivity index is 2.58. The van der Waals surface area contributed by atoms with Crippen LogP contribution in [0.4, 0.5) is 0 Å². The van der Waals surface area contributed by atoms with E-state index < -0.39 is 0 Å². The van der Waals surface area contributed by atoms with Crippen LogP contribution in [0, 0.1) is 12.8 Å². The number of nitrogens with zero attached hydrogens (tertiary/aromatic N) is 1. The fraction of sp³-hybridized carbons (Fsp3) is 0.704. The van der Waals surface area contributed by atoms with Crippen molar-refractivity contribution in [3.05, 3.63) is 41.5 Å². The summed E-state index contributed by atoms with van der Waals surface area (Å²) < 4.78 is 0. The van der Waals surface area contributed by atoms with Gasteiger partial charge < -0.3 is 10.2 Å². The molecule has 0 spiro atoms. The molecular weight excluding hydrogens is 352 g/mol. The highest BCUT2D eigenvalue weighted by Crippen LogP contribution is 2.23. The number of hydrogen-bond donors (Lipinski definition) is 1. The quantitative estimate of drug-likeness (QED) is 0.297. The van der Waals surface area contributed by atoms with Crippen LogP contribution >= 0.6 is 0 Å². The highest BCUT2D eigenvalue weighted by molar-refractivity contribution is 5.62. The van der Waals surface area contributed by atoms with Gasteiger partial charge in [-0.2, -0.15) is 0 Å². The molecule has 1 aromatic rings. The Morgan fingerprint density at radius 2 is 1.55 bits per heavy atom. The van der Waals surface area contributed by atoms with Gasteiger partial charge in [0.15, 0.2) is 0 Å². The monoisotopic (exact) mass is 400 g/mol. The first kappa shape index (κ1) is 25.8. The van der Waals surface area contributed by atoms with E-state index in [9.17, 15) is 0 Å². The van der Waals surface area contributed by atoms with Crippen LogP contribution in [0.25, 0.3) is 5.70 Å². The average Bonchev–Trinajstić information content (AvgIpc) is 2.71. The van der Waals surface area contributed by atoms with E-state index in [4.69, 9.17) is 0 Å². The zero-order valence-corrected chi connectivity index (χ0v) is 20.2. The van der Waals surface area contributed by atoms with Gasteiger partial charge in [0.1, 0.15) is 0 Å². The summed E-state index contributed by atoms with van der Waals surface area (Å²) in [5.74, 6) is 0.827. The van der Waals surface area contributed by atoms with Crippen molar-refractivity contribution in [1.82, 2.24) is 10.2 Å². The summed E-state index contributed by atoms with van der Waals surface area (Å²) in [6, 6.07) is 6.93. The van der Waals surface area contributed by atoms with Crippen LogP contribution in [0.2, 0.25) is 0 Å². The van der Waals surface area contributed by atoms with E-state index in [1.54, 1.807) is 0 Å². The molecule has 0 aliphatic rings. The maximum absolute atomic E-state index is 4.31. The second-order valence-corrected chi connectivity index (χ2v) is 8.74. The third-order valence-corrected chi connectivity index (χ3v) is 6.02. The molecule has 0 saturated carbocycles. The Labute approximate surface area is 182 Å². The Morgan fingerprint density at radius 3 is 2.07 bits per heavy atom. The molecule has 1 rings (SSSR count). The first-order valence-electron chi connectivity index (χ1n) is 12.3. The third-order valence-electron chi connectivity index (χ3n) is 6.02. The fourth-order valence-corrected chi connectivity index (χ4v) is 4.15. The smallest absolute Gasteiger partial charge is 0.0341 e. The molecule has 166 valence electrons. The van der Waals surface area contributed by atoms with E-state index in [1.807, 2.05) is 0 Å². The summed E-state index contributed by atoms with van der Waals surface area (Å²) in [6.07, 6.45) is 11.6. The molecule has 0 radical (unpaired) electrons. The van der Waals surface area contributed by atoms with Gasteiger partial charge in [0, 0.05) is 18.8 Å². The van der Waals surface area contributed by atoms with Gasteiger partial charge in [-0.1, -0.05) is 84.9 Å². The van der Waals surface area contributed by atoms with Crippen LogP contribution in [0.3, 0.4) is 0 Å². The van der Waals surface area contributed by atoms with Gasteiger partial charge in [0.05, 0.1) is 0 Å². The van der Waals surface area contributed by atoms with Gasteiger partial charge in [0.2, 0.25) is 0 Å². The molecule has 1 aromatic carbocycles. The topological polar surface area (TPSA) is 15.3 Å². The summed E-state index contributed by atoms with van der Waals surface area (Å²) in [5, 5.41) is 3.57. The predicted molar refractivity (Wildman–Crippen MR) is 131 cm³/mol. The highest BCUT2D eigenvalue weighted by atomic mass is 15.1. The minimum absolute atomic E-state index is 0.827. The molecule has 1 N–H and O–H groups in total. The molecule has 29 heavy (non-hydrogen) atoms. The number of rotatable bonds is 17. The molecule has 2 nitrogen and oxygen atoms in total. The third kappa shape index (κ3) is 10.3. The van der Waals surface area contributed by atoms with Crippen LogP contribution < -0.4 is 5.32 Å². The van der Waals surface area contributed by atoms with Gasteiger partial charge in [0.25, 0.3) is 0 Å². The second kappa shape index (κ2) is 15.5. The maximum Gasteiger partial charge on any atom is 0.0341 e. The van der Waals surface area contributed by atoms with Gasteiger partial charge in [-0.05, 0) is 68.0 Å². The van der Waals surface area contributed by atoms with Crippen LogP contribution in [0.15, 0.2) is 24.8 Å². The second-order valence-electron chi connectivity index (χ2n) is 8.74. The van der Waals surface area contributed by atoms with Crippen LogP contribution in [0.5, 0.6) is 0 Å². The number of unbranched alkanes of at least 4 members (excludes halogenated alkanes) is 2. The first-order valence-corrected chi connectivity index (χ1v) is 12.3. The van der Waals surface area contributed by atoms with E-state index in [0.29, 0.717) is 0 Å². The van der Waals surface area contributed by atoms with Crippen LogP contribution in [-0.2, 0) is 6.42 Å². The molecule has 0 bridgehead atoms. The van der Waals surface area contributed by atoms with Gasteiger partial charge >= 0.3 is 0 Å². The summed E-state index contributed by atoms with van der Waals surface area (Å²) in [6.45, 7) is 20.2. The largest absolute Gasteiger partial charge is 0.384 e. The van der Waals surface area contributed by atoms with Gasteiger partial charge in [-0.15, -0.1) is 0 Å². The van der Waals surface area contributed by atoms with Crippen molar-refractivity contribution in [2.24, 2.45) is 5.92 Å². The lowest BCUT2D eigenvalue weighted by atomic mass is 9.89. The summed E-state index contributed by atoms with van der Waals surface area (Å²) >= 11 is 0. The molecule has 0 aliphatic carbocycles. The molecular formula is C27H48N2. The molecule has 0 unspecified atom stereocenters. The van der Waals surface area contributed by atoms with Crippen LogP contribution in [-0.4, -0.2) is 31.1 Å². The van der Waals surface area contributed by atoms with Crippen molar-refractivity contribution >= 4 is 5.70 Å². The molecule has 0 atom stereocenters. The molecule has 0 fully saturated rings. The van der Waals surface area contributed by atoms with Crippen molar-refractivity contribution in [3.63, 3.8) is 0 Å². The minimum atomic E-state index is 0.827. The van der Waals surface area contributed by atoms with Crippen molar-refractivity contribution in [3.8, 4) is 0 Å². The standard InChI is InChI=1S/C27H48N2/c1-7-11-18-29(19-12-8-2)20-17-28-24(6)27-16-15-26(23(5)21-27)22-25(13-9-3)14-10-4/h15-16,21,25,28H,6-14,17-20,22H2,1-5H3. The van der Waals surface area contributed by atoms with Gasteiger partial charge in [-0.25, -0.2) is 0 Å². The minimum Gasteiger partial charge on any atom is -0.384 e. The molecule has 2 heteroatoms. The molecule has 0 aliphatic heterocycles. The lowest BCUT2D eigenvalue weighted by Gasteiger charge is -2.23. The fourth-order valence-electron chi connectivity index (χ4n) is 4.15. The normalized spacial score (nSPS) is 11.4. The zero-order valence-electron chi connectivity index (χ0n) is 20.2. The van der Waals surface area contributed by atoms with E-state index in [2.05, 4.69) is 69.6 Å². The molecule has 0 aromatic heterocycles. The summed E-state index contributed by atoms with van der Waals surface area (Å²) in [5.41, 5.74) is 5.22. The number of nitrogens with one attached hydrogen (secondary N) is 1. The maximum atomic E-state index is 4.31. The summed E-state index contributed by atoms with van der Waals surface area (Å²) in [4.78, 5) is 2.60. The van der Waals surface area contributed by atoms with Crippen LogP contribution in [0.1, 0.15) is 95.8 Å². The Kier molecular flexibility index (Phi) is 13.8. The number of hydrogen-bond acceptors (Lipinski definition) is 2. The van der Waals surface area contributed by atoms with Crippen molar-refractivity contribution in [2.45, 2.75) is 92.4 Å². The van der Waals surface area contributed by atoms with Gasteiger partial charge in [-0.3, -0.25) is 0 Å². The van der Waals surface area contributed by atoms with E-state index in [-0.39, 0.29) is 0 Å². The number of benzene rings is 1. The van der Waals surface area contributed by atoms with E-state index in [0.717, 1.165) is 24.7 Å². The lowest BCUT2D eigenvalue weighted by molar-refractivity contribution is 0.269. The number of aryl methyl sites for hydroxylation is 1. The van der Waals surface area contributed by atoms with E-state index in [1.165, 1.54) is 87.6 Å². The van der Waals surface area contributed by atoms with Crippen molar-refractivity contribution in [2.75, 3.05) is 26.2 Å². The molecule has 0 amide bonds. The lowest BCUT2D eigenvalue weighted by Crippen LogP contribution is -2.33. The van der Waals surface area contributed by atoms with Crippen molar-refractivity contribution in [1.29, 1.82) is 0 Å². The molecule has 0 saturated heterocycles. The Morgan fingerprint density at radius 1 is 0.931 bits per heavy atom. The average molecular weight is 401 g/mol. The van der Waals surface area contributed by atoms with E-state index >= 15 is 0 Å². The Hall–Kier alpha value is -1.28. The molecule has 0 heterocycles. The summed E-state index contributed by atoms with van der Waals surface area (Å²) in [7, 11) is 0. The Bertz CT molecular complexity index is 550. The van der Waals surface area contributed by atoms with Crippen molar-refractivity contribution < 1.29 is 0 Å². The SMILES string of the molecule is C=C(NCCN(CCCC)CCCC)c1ccc(CC(CCC)CCC)c(C)c1. The first-order chi connectivity index (χ1) is 14.0. The highest BCUT2D eigenvalue weighted by Gasteiger charge is 2.11. The zero-order chi connectivity index (χ0) is 21.5. The predicted octanol–water partition coefficient (Wildman–Crippen LogP) is 7.22.